The van der Waals surface area contributed by atoms with Crippen LogP contribution in [0.4, 0.5) is 0 Å². The highest BCUT2D eigenvalue weighted by molar-refractivity contribution is 8.18. The third kappa shape index (κ3) is 4.30. The molecule has 4 bridgehead atoms. The lowest BCUT2D eigenvalue weighted by Crippen LogP contribution is -2.50. The van der Waals surface area contributed by atoms with Gasteiger partial charge in [0.2, 0.25) is 0 Å². The molecule has 2 nitrogen and oxygen atoms in total. The average molecular weight is 356 g/mol. The highest BCUT2D eigenvalue weighted by Crippen LogP contribution is 2.60. The molecular formula is C19H33NOS2. The molecule has 0 aliphatic heterocycles. The second kappa shape index (κ2) is 7.29. The van der Waals surface area contributed by atoms with Gasteiger partial charge in [-0.1, -0.05) is 0 Å². The number of rotatable bonds is 9. The molecule has 0 radical (unpaired) electrons. The maximum atomic E-state index is 13.0. The summed E-state index contributed by atoms with van der Waals surface area (Å²) in [6, 6.07) is 0. The number of carbonyl (C=O) groups excluding carboxylic acids is 1. The third-order valence-electron chi connectivity index (χ3n) is 6.20. The Bertz CT molecular complexity index is 400. The van der Waals surface area contributed by atoms with Crippen molar-refractivity contribution in [2.75, 3.05) is 18.1 Å². The Morgan fingerprint density at radius 2 is 1.57 bits per heavy atom. The van der Waals surface area contributed by atoms with E-state index in [-0.39, 0.29) is 9.49 Å². The third-order valence-corrected chi connectivity index (χ3v) is 9.23. The van der Waals surface area contributed by atoms with Crippen molar-refractivity contribution >= 4 is 29.3 Å². The molecule has 0 aromatic heterocycles. The van der Waals surface area contributed by atoms with Gasteiger partial charge in [0.15, 0.2) is 0 Å². The first-order valence-corrected chi connectivity index (χ1v) is 11.4. The molecule has 4 rings (SSSR count). The van der Waals surface area contributed by atoms with Crippen molar-refractivity contribution in [1.82, 2.24) is 0 Å². The summed E-state index contributed by atoms with van der Waals surface area (Å²) in [4.78, 5) is 13.0. The first-order valence-electron chi connectivity index (χ1n) is 9.44. The highest BCUT2D eigenvalue weighted by atomic mass is 32.2. The molecular weight excluding hydrogens is 322 g/mol. The van der Waals surface area contributed by atoms with Crippen molar-refractivity contribution in [1.29, 1.82) is 0 Å². The van der Waals surface area contributed by atoms with Crippen molar-refractivity contribution in [2.45, 2.75) is 69.3 Å². The molecule has 4 heteroatoms. The van der Waals surface area contributed by atoms with Gasteiger partial charge in [0.1, 0.15) is 5.78 Å². The maximum Gasteiger partial charge on any atom is 0.139 e. The summed E-state index contributed by atoms with van der Waals surface area (Å²) in [5.41, 5.74) is 5.71. The molecule has 0 aromatic carbocycles. The van der Waals surface area contributed by atoms with E-state index in [4.69, 9.17) is 5.73 Å². The molecule has 4 saturated carbocycles. The van der Waals surface area contributed by atoms with Crippen LogP contribution in [0, 0.1) is 23.2 Å². The van der Waals surface area contributed by atoms with Crippen LogP contribution in [0.25, 0.3) is 0 Å². The second-order valence-corrected chi connectivity index (χ2v) is 12.3. The van der Waals surface area contributed by atoms with E-state index in [0.717, 1.165) is 48.6 Å². The van der Waals surface area contributed by atoms with Crippen molar-refractivity contribution in [3.05, 3.63) is 0 Å². The number of hydrogen-bond acceptors (Lipinski definition) is 4. The van der Waals surface area contributed by atoms with Gasteiger partial charge in [-0.05, 0) is 82.3 Å². The van der Waals surface area contributed by atoms with Crippen molar-refractivity contribution in [3.63, 3.8) is 0 Å². The van der Waals surface area contributed by atoms with Crippen molar-refractivity contribution in [2.24, 2.45) is 28.9 Å². The van der Waals surface area contributed by atoms with Crippen molar-refractivity contribution in [3.8, 4) is 0 Å². The van der Waals surface area contributed by atoms with Gasteiger partial charge in [0.25, 0.3) is 0 Å². The Kier molecular flexibility index (Phi) is 5.75. The summed E-state index contributed by atoms with van der Waals surface area (Å²) in [6.07, 6.45) is 9.82. The Labute approximate surface area is 150 Å². The standard InChI is InChI=1S/C19H33NOS2/c1-18(2,23-7-5-20)22-6-3-4-17(21)19-11-14-8-15(12-19)10-16(9-14)13-19/h14-16H,3-13,20H2,1-2H3. The van der Waals surface area contributed by atoms with Gasteiger partial charge in [-0.3, -0.25) is 4.79 Å². The first-order chi connectivity index (χ1) is 10.9. The molecule has 4 aliphatic rings. The monoisotopic (exact) mass is 355 g/mol. The quantitative estimate of drug-likeness (QED) is 0.480. The molecule has 0 spiro atoms. The Morgan fingerprint density at radius 1 is 1.04 bits per heavy atom. The molecule has 0 saturated heterocycles. The molecule has 132 valence electrons. The zero-order valence-electron chi connectivity index (χ0n) is 14.8. The van der Waals surface area contributed by atoms with Gasteiger partial charge < -0.3 is 5.73 Å². The summed E-state index contributed by atoms with van der Waals surface area (Å²) in [6.45, 7) is 5.30. The minimum atomic E-state index is 0.114. The van der Waals surface area contributed by atoms with Gasteiger partial charge in [-0.15, -0.1) is 23.5 Å². The molecule has 23 heavy (non-hydrogen) atoms. The molecule has 2 N–H and O–H groups in total. The van der Waals surface area contributed by atoms with E-state index in [1.165, 1.54) is 38.5 Å². The van der Waals surface area contributed by atoms with E-state index >= 15 is 0 Å². The number of Topliss-reactive ketones (excluding diaryl/α,β-unsaturated/α-hetero) is 1. The number of hydrogen-bond donors (Lipinski definition) is 1. The van der Waals surface area contributed by atoms with Crippen molar-refractivity contribution < 1.29 is 4.79 Å². The normalized spacial score (nSPS) is 35.7. The Balaban J connectivity index is 1.43. The summed E-state index contributed by atoms with van der Waals surface area (Å²) in [5.74, 6) is 5.38. The fourth-order valence-corrected chi connectivity index (χ4v) is 7.84. The Morgan fingerprint density at radius 3 is 2.09 bits per heavy atom. The zero-order valence-corrected chi connectivity index (χ0v) is 16.4. The van der Waals surface area contributed by atoms with E-state index in [1.54, 1.807) is 0 Å². The van der Waals surface area contributed by atoms with Gasteiger partial charge in [0, 0.05) is 24.1 Å². The summed E-state index contributed by atoms with van der Waals surface area (Å²) < 4.78 is 0.225. The smallest absolute Gasteiger partial charge is 0.139 e. The van der Waals surface area contributed by atoms with E-state index in [0.29, 0.717) is 5.78 Å². The first kappa shape index (κ1) is 18.1. The van der Waals surface area contributed by atoms with Crippen LogP contribution >= 0.6 is 23.5 Å². The number of carbonyl (C=O) groups is 1. The lowest BCUT2D eigenvalue weighted by molar-refractivity contribution is -0.143. The maximum absolute atomic E-state index is 13.0. The topological polar surface area (TPSA) is 43.1 Å². The second-order valence-electron chi connectivity index (χ2n) is 8.61. The highest BCUT2D eigenvalue weighted by Gasteiger charge is 2.53. The lowest BCUT2D eigenvalue weighted by Gasteiger charge is -2.56. The van der Waals surface area contributed by atoms with Crippen LogP contribution in [0.1, 0.15) is 65.2 Å². The van der Waals surface area contributed by atoms with Gasteiger partial charge in [-0.2, -0.15) is 0 Å². The lowest BCUT2D eigenvalue weighted by atomic mass is 9.48. The van der Waals surface area contributed by atoms with Crippen LogP contribution in [-0.4, -0.2) is 27.9 Å². The zero-order chi connectivity index (χ0) is 16.5. The molecule has 0 heterocycles. The largest absolute Gasteiger partial charge is 0.330 e. The van der Waals surface area contributed by atoms with Crippen LogP contribution in [0.5, 0.6) is 0 Å². The molecule has 0 aromatic rings. The van der Waals surface area contributed by atoms with E-state index in [1.807, 2.05) is 23.5 Å². The van der Waals surface area contributed by atoms with Crippen LogP contribution in [-0.2, 0) is 4.79 Å². The minimum Gasteiger partial charge on any atom is -0.330 e. The molecule has 4 aliphatic carbocycles. The fraction of sp³-hybridized carbons (Fsp3) is 0.947. The Hall–Kier alpha value is 0.330. The minimum absolute atomic E-state index is 0.114. The van der Waals surface area contributed by atoms with Crippen LogP contribution < -0.4 is 5.73 Å². The number of thioether (sulfide) groups is 2. The van der Waals surface area contributed by atoms with Gasteiger partial charge in [-0.25, -0.2) is 0 Å². The van der Waals surface area contributed by atoms with Gasteiger partial charge >= 0.3 is 0 Å². The van der Waals surface area contributed by atoms with Crippen LogP contribution in [0.3, 0.4) is 0 Å². The molecule has 0 amide bonds. The summed E-state index contributed by atoms with van der Waals surface area (Å²) in [7, 11) is 0. The number of nitrogens with two attached hydrogens (primary N) is 1. The predicted molar refractivity (Wildman–Crippen MR) is 103 cm³/mol. The molecule has 0 unspecified atom stereocenters. The van der Waals surface area contributed by atoms with Crippen LogP contribution in [0.2, 0.25) is 0 Å². The summed E-state index contributed by atoms with van der Waals surface area (Å²) >= 11 is 3.93. The van der Waals surface area contributed by atoms with E-state index in [9.17, 15) is 4.79 Å². The average Bonchev–Trinajstić information content (AvgIpc) is 2.48. The molecule has 0 atom stereocenters. The van der Waals surface area contributed by atoms with E-state index in [2.05, 4.69) is 13.8 Å². The molecule has 4 fully saturated rings. The number of ketones is 1. The summed E-state index contributed by atoms with van der Waals surface area (Å²) in [5, 5.41) is 0. The fourth-order valence-electron chi connectivity index (χ4n) is 5.61. The van der Waals surface area contributed by atoms with Gasteiger partial charge in [0.05, 0.1) is 4.08 Å². The predicted octanol–water partition coefficient (Wildman–Crippen LogP) is 4.71. The SMILES string of the molecule is CC(C)(SCCN)SCCCC(=O)C12CC3CC(CC(C3)C1)C2. The van der Waals surface area contributed by atoms with Crippen LogP contribution in [0.15, 0.2) is 0 Å². The van der Waals surface area contributed by atoms with E-state index < -0.39 is 0 Å².